The van der Waals surface area contributed by atoms with E-state index in [1.807, 2.05) is 0 Å². The van der Waals surface area contributed by atoms with Gasteiger partial charge in [-0.25, -0.2) is 9.59 Å². The van der Waals surface area contributed by atoms with Crippen LogP contribution < -0.4 is 0 Å². The number of hydrogen-bond acceptors (Lipinski definition) is 3. The highest BCUT2D eigenvalue weighted by Crippen LogP contribution is 2.39. The number of rotatable bonds is 4. The van der Waals surface area contributed by atoms with Gasteiger partial charge < -0.3 is 15.1 Å². The Balaban J connectivity index is 0.000000300. The van der Waals surface area contributed by atoms with Gasteiger partial charge >= 0.3 is 11.9 Å². The van der Waals surface area contributed by atoms with Gasteiger partial charge in [0.1, 0.15) is 0 Å². The predicted octanol–water partition coefficient (Wildman–Crippen LogP) is 3.91. The van der Waals surface area contributed by atoms with Crippen LogP contribution in [0.2, 0.25) is 0 Å². The molecular weight excluding hydrogens is 354 g/mol. The van der Waals surface area contributed by atoms with Crippen molar-refractivity contribution in [2.45, 2.75) is 25.2 Å². The molecule has 0 aromatic heterocycles. The van der Waals surface area contributed by atoms with Crippen LogP contribution in [-0.2, 0) is 9.59 Å². The number of aryl methyl sites for hydroxylation is 1. The van der Waals surface area contributed by atoms with Crippen LogP contribution in [0.1, 0.15) is 34.9 Å². The molecule has 1 aliphatic rings. The van der Waals surface area contributed by atoms with Crippen LogP contribution in [0.4, 0.5) is 0 Å². The number of hydrogen-bond donors (Lipinski definition) is 2. The number of nitrogens with zero attached hydrogens (tertiary/aromatic N) is 1. The molecule has 0 saturated carbocycles. The minimum Gasteiger partial charge on any atom is -0.478 e. The molecule has 148 valence electrons. The van der Waals surface area contributed by atoms with E-state index in [0.29, 0.717) is 24.0 Å². The van der Waals surface area contributed by atoms with Crippen molar-refractivity contribution in [3.63, 3.8) is 0 Å². The number of carboxylic acid groups (broad SMARTS) is 2. The van der Waals surface area contributed by atoms with E-state index in [4.69, 9.17) is 10.2 Å². The van der Waals surface area contributed by atoms with Gasteiger partial charge in [-0.15, -0.1) is 0 Å². The lowest BCUT2D eigenvalue weighted by Gasteiger charge is -2.37. The lowest BCUT2D eigenvalue weighted by molar-refractivity contribution is -0.134. The minimum atomic E-state index is -1.26. The second-order valence-corrected chi connectivity index (χ2v) is 7.10. The first-order valence-corrected chi connectivity index (χ1v) is 9.31. The zero-order chi connectivity index (χ0) is 20.5. The summed E-state index contributed by atoms with van der Waals surface area (Å²) < 4.78 is 0. The molecule has 1 saturated heterocycles. The van der Waals surface area contributed by atoms with Crippen LogP contribution >= 0.6 is 0 Å². The first-order chi connectivity index (χ1) is 13.4. The Morgan fingerprint density at radius 2 is 1.43 bits per heavy atom. The molecule has 0 unspecified atom stereocenters. The maximum Gasteiger partial charge on any atom is 0.328 e. The fourth-order valence-corrected chi connectivity index (χ4v) is 3.51. The Morgan fingerprint density at radius 1 is 0.893 bits per heavy atom. The average molecular weight is 381 g/mol. The van der Waals surface area contributed by atoms with E-state index in [1.165, 1.54) is 29.7 Å². The van der Waals surface area contributed by atoms with Crippen LogP contribution in [0, 0.1) is 6.92 Å². The van der Waals surface area contributed by atoms with E-state index in [0.717, 1.165) is 6.54 Å². The SMILES string of the molecule is Cc1ccc([C@@H]2CCN(C)C[C@H]2c2ccccc2)cc1.O=C(O)/C=C\C(=O)O. The van der Waals surface area contributed by atoms with Crippen LogP contribution in [0.25, 0.3) is 0 Å². The van der Waals surface area contributed by atoms with E-state index < -0.39 is 11.9 Å². The van der Waals surface area contributed by atoms with Gasteiger partial charge in [-0.05, 0) is 44.0 Å². The molecule has 1 aliphatic heterocycles. The lowest BCUT2D eigenvalue weighted by atomic mass is 9.77. The number of aliphatic carboxylic acids is 2. The molecule has 0 amide bonds. The second-order valence-electron chi connectivity index (χ2n) is 7.10. The van der Waals surface area contributed by atoms with Crippen molar-refractivity contribution in [3.05, 3.63) is 83.4 Å². The van der Waals surface area contributed by atoms with Crippen molar-refractivity contribution in [1.82, 2.24) is 4.90 Å². The summed E-state index contributed by atoms with van der Waals surface area (Å²) in [4.78, 5) is 21.6. The predicted molar refractivity (Wildman–Crippen MR) is 110 cm³/mol. The number of likely N-dealkylation sites (tertiary alicyclic amines) is 1. The van der Waals surface area contributed by atoms with Gasteiger partial charge in [-0.3, -0.25) is 0 Å². The molecule has 5 heteroatoms. The summed E-state index contributed by atoms with van der Waals surface area (Å²) in [6.45, 7) is 4.51. The van der Waals surface area contributed by atoms with Gasteiger partial charge in [0.15, 0.2) is 0 Å². The third kappa shape index (κ3) is 6.67. The van der Waals surface area contributed by atoms with Crippen molar-refractivity contribution in [3.8, 4) is 0 Å². The van der Waals surface area contributed by atoms with Gasteiger partial charge in [-0.2, -0.15) is 0 Å². The molecule has 1 heterocycles. The Kier molecular flexibility index (Phi) is 7.96. The first-order valence-electron chi connectivity index (χ1n) is 9.31. The van der Waals surface area contributed by atoms with Gasteiger partial charge in [0.2, 0.25) is 0 Å². The first kappa shape index (κ1) is 21.4. The second kappa shape index (κ2) is 10.4. The van der Waals surface area contributed by atoms with Gasteiger partial charge in [0, 0.05) is 24.6 Å². The molecule has 2 aromatic carbocycles. The standard InChI is InChI=1S/C19H23N.C4H4O4/c1-15-8-10-17(11-9-15)18-12-13-20(2)14-19(18)16-6-4-3-5-7-16;5-3(6)1-2-4(7)8/h3-11,18-19H,12-14H2,1-2H3;1-2H,(H,5,6)(H,7,8)/b;2-1-/t18-,19-;/m0./s1. The number of benzene rings is 2. The van der Waals surface area contributed by atoms with Crippen molar-refractivity contribution in [1.29, 1.82) is 0 Å². The number of piperidine rings is 1. The van der Waals surface area contributed by atoms with E-state index in [1.54, 1.807) is 0 Å². The van der Waals surface area contributed by atoms with Crippen molar-refractivity contribution < 1.29 is 19.8 Å². The fourth-order valence-electron chi connectivity index (χ4n) is 3.51. The Morgan fingerprint density at radius 3 is 1.96 bits per heavy atom. The quantitative estimate of drug-likeness (QED) is 0.785. The summed E-state index contributed by atoms with van der Waals surface area (Å²) in [5.74, 6) is -1.26. The molecule has 1 fully saturated rings. The summed E-state index contributed by atoms with van der Waals surface area (Å²) >= 11 is 0. The molecule has 3 rings (SSSR count). The highest BCUT2D eigenvalue weighted by molar-refractivity contribution is 5.89. The molecule has 0 radical (unpaired) electrons. The van der Waals surface area contributed by atoms with E-state index in [2.05, 4.69) is 73.5 Å². The monoisotopic (exact) mass is 381 g/mol. The van der Waals surface area contributed by atoms with Gasteiger partial charge in [0.25, 0.3) is 0 Å². The van der Waals surface area contributed by atoms with Crippen LogP contribution in [0.15, 0.2) is 66.7 Å². The number of carboxylic acids is 2. The third-order valence-electron chi connectivity index (χ3n) is 4.92. The van der Waals surface area contributed by atoms with E-state index >= 15 is 0 Å². The molecule has 0 spiro atoms. The summed E-state index contributed by atoms with van der Waals surface area (Å²) in [5, 5.41) is 15.6. The lowest BCUT2D eigenvalue weighted by Crippen LogP contribution is -2.35. The van der Waals surface area contributed by atoms with Crippen molar-refractivity contribution in [2.75, 3.05) is 20.1 Å². The smallest absolute Gasteiger partial charge is 0.328 e. The van der Waals surface area contributed by atoms with Crippen molar-refractivity contribution in [2.24, 2.45) is 0 Å². The highest BCUT2D eigenvalue weighted by Gasteiger charge is 2.29. The largest absolute Gasteiger partial charge is 0.478 e. The van der Waals surface area contributed by atoms with Crippen molar-refractivity contribution >= 4 is 11.9 Å². The van der Waals surface area contributed by atoms with Crippen LogP contribution in [0.5, 0.6) is 0 Å². The topological polar surface area (TPSA) is 77.8 Å². The molecule has 0 bridgehead atoms. The molecule has 2 aromatic rings. The molecule has 2 N–H and O–H groups in total. The summed E-state index contributed by atoms with van der Waals surface area (Å²) in [6.07, 6.45) is 2.36. The molecule has 0 aliphatic carbocycles. The maximum absolute atomic E-state index is 9.55. The summed E-state index contributed by atoms with van der Waals surface area (Å²) in [7, 11) is 2.24. The molecule has 5 nitrogen and oxygen atoms in total. The summed E-state index contributed by atoms with van der Waals surface area (Å²) in [6, 6.07) is 20.1. The molecule has 28 heavy (non-hydrogen) atoms. The molecule has 2 atom stereocenters. The fraction of sp³-hybridized carbons (Fsp3) is 0.304. The Hall–Kier alpha value is -2.92. The minimum absolute atomic E-state index is 0.558. The maximum atomic E-state index is 9.55. The number of carbonyl (C=O) groups is 2. The van der Waals surface area contributed by atoms with Crippen LogP contribution in [0.3, 0.4) is 0 Å². The zero-order valence-electron chi connectivity index (χ0n) is 16.3. The van der Waals surface area contributed by atoms with Gasteiger partial charge in [0.05, 0.1) is 0 Å². The third-order valence-corrected chi connectivity index (χ3v) is 4.92. The molecular formula is C23H27NO4. The Bertz CT molecular complexity index is 783. The summed E-state index contributed by atoms with van der Waals surface area (Å²) in [5.41, 5.74) is 4.32. The Labute approximate surface area is 165 Å². The normalized spacial score (nSPS) is 19.6. The van der Waals surface area contributed by atoms with Gasteiger partial charge in [-0.1, -0.05) is 60.2 Å². The zero-order valence-corrected chi connectivity index (χ0v) is 16.3. The number of likely N-dealkylation sites (N-methyl/N-ethyl adjacent to an activating group) is 1. The average Bonchev–Trinajstić information content (AvgIpc) is 2.68. The van der Waals surface area contributed by atoms with E-state index in [9.17, 15) is 9.59 Å². The van der Waals surface area contributed by atoms with E-state index in [-0.39, 0.29) is 0 Å². The van der Waals surface area contributed by atoms with Crippen LogP contribution in [-0.4, -0.2) is 47.2 Å². The highest BCUT2D eigenvalue weighted by atomic mass is 16.4.